The summed E-state index contributed by atoms with van der Waals surface area (Å²) in [6.45, 7) is 4.61. The van der Waals surface area contributed by atoms with Crippen LogP contribution in [0.15, 0.2) is 59.5 Å². The highest BCUT2D eigenvalue weighted by Gasteiger charge is 2.22. The first-order valence-corrected chi connectivity index (χ1v) is 8.76. The second kappa shape index (κ2) is 6.87. The molecule has 0 aromatic heterocycles. The SMILES string of the molecule is CCNC(CS(=O)(=O)c1cccc(C)c1)c1ccccc1. The van der Waals surface area contributed by atoms with Gasteiger partial charge in [-0.25, -0.2) is 8.42 Å². The van der Waals surface area contributed by atoms with Crippen molar-refractivity contribution in [3.63, 3.8) is 0 Å². The van der Waals surface area contributed by atoms with Crippen LogP contribution in [0.1, 0.15) is 24.1 Å². The average Bonchev–Trinajstić information content (AvgIpc) is 2.47. The number of hydrogen-bond acceptors (Lipinski definition) is 3. The maximum Gasteiger partial charge on any atom is 0.180 e. The van der Waals surface area contributed by atoms with Gasteiger partial charge in [-0.2, -0.15) is 0 Å². The lowest BCUT2D eigenvalue weighted by Gasteiger charge is -2.18. The summed E-state index contributed by atoms with van der Waals surface area (Å²) in [6, 6.07) is 16.6. The van der Waals surface area contributed by atoms with Crippen LogP contribution in [0, 0.1) is 6.92 Å². The molecule has 0 heterocycles. The van der Waals surface area contributed by atoms with Gasteiger partial charge < -0.3 is 5.32 Å². The van der Waals surface area contributed by atoms with Crippen molar-refractivity contribution in [3.05, 3.63) is 65.7 Å². The fraction of sp³-hybridized carbons (Fsp3) is 0.294. The number of hydrogen-bond donors (Lipinski definition) is 1. The summed E-state index contributed by atoms with van der Waals surface area (Å²) in [7, 11) is -3.31. The minimum atomic E-state index is -3.31. The minimum Gasteiger partial charge on any atom is -0.309 e. The highest BCUT2D eigenvalue weighted by molar-refractivity contribution is 7.91. The molecule has 1 N–H and O–H groups in total. The second-order valence-electron chi connectivity index (χ2n) is 5.12. The van der Waals surface area contributed by atoms with E-state index in [0.717, 1.165) is 17.7 Å². The lowest BCUT2D eigenvalue weighted by Crippen LogP contribution is -2.28. The molecule has 4 heteroatoms. The van der Waals surface area contributed by atoms with Gasteiger partial charge in [0.05, 0.1) is 10.6 Å². The zero-order valence-electron chi connectivity index (χ0n) is 12.4. The molecule has 0 fully saturated rings. The number of benzene rings is 2. The van der Waals surface area contributed by atoms with Gasteiger partial charge >= 0.3 is 0 Å². The fourth-order valence-corrected chi connectivity index (χ4v) is 3.92. The summed E-state index contributed by atoms with van der Waals surface area (Å²) in [5.41, 5.74) is 1.95. The van der Waals surface area contributed by atoms with Crippen LogP contribution >= 0.6 is 0 Å². The molecule has 1 unspecified atom stereocenters. The van der Waals surface area contributed by atoms with E-state index < -0.39 is 9.84 Å². The Labute approximate surface area is 126 Å². The number of sulfone groups is 1. The van der Waals surface area contributed by atoms with E-state index >= 15 is 0 Å². The molecule has 0 aliphatic rings. The van der Waals surface area contributed by atoms with Crippen LogP contribution in [0.5, 0.6) is 0 Å². The predicted octanol–water partition coefficient (Wildman–Crippen LogP) is 3.12. The van der Waals surface area contributed by atoms with Gasteiger partial charge in [0.1, 0.15) is 0 Å². The molecule has 1 atom stereocenters. The van der Waals surface area contributed by atoms with E-state index in [-0.39, 0.29) is 11.8 Å². The molecule has 0 bridgehead atoms. The Bertz CT molecular complexity index is 681. The standard InChI is InChI=1S/C17H21NO2S/c1-3-18-17(15-9-5-4-6-10-15)13-21(19,20)16-11-7-8-14(2)12-16/h4-12,17-18H,3,13H2,1-2H3. The smallest absolute Gasteiger partial charge is 0.180 e. The zero-order valence-corrected chi connectivity index (χ0v) is 13.2. The molecule has 0 saturated heterocycles. The first-order valence-electron chi connectivity index (χ1n) is 7.10. The first-order chi connectivity index (χ1) is 10.0. The summed E-state index contributed by atoms with van der Waals surface area (Å²) < 4.78 is 25.2. The minimum absolute atomic E-state index is 0.0638. The third-order valence-corrected chi connectivity index (χ3v) is 5.13. The largest absolute Gasteiger partial charge is 0.309 e. The highest BCUT2D eigenvalue weighted by atomic mass is 32.2. The van der Waals surface area contributed by atoms with Gasteiger partial charge in [-0.15, -0.1) is 0 Å². The van der Waals surface area contributed by atoms with Gasteiger partial charge in [-0.3, -0.25) is 0 Å². The summed E-state index contributed by atoms with van der Waals surface area (Å²) >= 11 is 0. The van der Waals surface area contributed by atoms with Crippen LogP contribution in [0.25, 0.3) is 0 Å². The van der Waals surface area contributed by atoms with E-state index in [2.05, 4.69) is 5.32 Å². The average molecular weight is 303 g/mol. The molecular formula is C17H21NO2S. The normalized spacial score (nSPS) is 13.0. The van der Waals surface area contributed by atoms with Gasteiger partial charge in [-0.05, 0) is 36.7 Å². The lowest BCUT2D eigenvalue weighted by atomic mass is 10.1. The number of aryl methyl sites for hydroxylation is 1. The van der Waals surface area contributed by atoms with E-state index in [9.17, 15) is 8.42 Å². The van der Waals surface area contributed by atoms with Gasteiger partial charge in [0, 0.05) is 6.04 Å². The molecule has 0 aliphatic carbocycles. The Morgan fingerprint density at radius 1 is 1.05 bits per heavy atom. The summed E-state index contributed by atoms with van der Waals surface area (Å²) in [5.74, 6) is 0.0638. The molecule has 0 radical (unpaired) electrons. The second-order valence-corrected chi connectivity index (χ2v) is 7.15. The maximum absolute atomic E-state index is 12.6. The Morgan fingerprint density at radius 3 is 2.38 bits per heavy atom. The van der Waals surface area contributed by atoms with Crippen molar-refractivity contribution in [3.8, 4) is 0 Å². The topological polar surface area (TPSA) is 46.2 Å². The zero-order chi connectivity index (χ0) is 15.3. The predicted molar refractivity (Wildman–Crippen MR) is 86.1 cm³/mol. The third kappa shape index (κ3) is 4.16. The summed E-state index contributed by atoms with van der Waals surface area (Å²) in [5, 5.41) is 3.26. The van der Waals surface area contributed by atoms with E-state index in [4.69, 9.17) is 0 Å². The van der Waals surface area contributed by atoms with Crippen molar-refractivity contribution >= 4 is 9.84 Å². The van der Waals surface area contributed by atoms with E-state index in [1.807, 2.05) is 50.2 Å². The Balaban J connectivity index is 2.28. The first kappa shape index (κ1) is 15.7. The molecule has 0 aliphatic heterocycles. The third-order valence-electron chi connectivity index (χ3n) is 3.39. The van der Waals surface area contributed by atoms with E-state index in [1.54, 1.807) is 18.2 Å². The van der Waals surface area contributed by atoms with Gasteiger partial charge in [0.15, 0.2) is 9.84 Å². The van der Waals surface area contributed by atoms with Crippen molar-refractivity contribution in [2.45, 2.75) is 24.8 Å². The molecule has 0 amide bonds. The molecule has 0 spiro atoms. The lowest BCUT2D eigenvalue weighted by molar-refractivity contribution is 0.559. The van der Waals surface area contributed by atoms with Crippen molar-refractivity contribution in [2.24, 2.45) is 0 Å². The van der Waals surface area contributed by atoms with Gasteiger partial charge in [-0.1, -0.05) is 49.4 Å². The monoisotopic (exact) mass is 303 g/mol. The van der Waals surface area contributed by atoms with Crippen molar-refractivity contribution in [1.82, 2.24) is 5.32 Å². The summed E-state index contributed by atoms with van der Waals surface area (Å²) in [4.78, 5) is 0.390. The quantitative estimate of drug-likeness (QED) is 0.892. The van der Waals surface area contributed by atoms with E-state index in [1.165, 1.54) is 0 Å². The number of nitrogens with one attached hydrogen (secondary N) is 1. The fourth-order valence-electron chi connectivity index (χ4n) is 2.33. The number of rotatable bonds is 6. The molecule has 2 rings (SSSR count). The Hall–Kier alpha value is -1.65. The van der Waals surface area contributed by atoms with Crippen molar-refractivity contribution in [2.75, 3.05) is 12.3 Å². The molecule has 0 saturated carbocycles. The van der Waals surface area contributed by atoms with Crippen LogP contribution in [0.3, 0.4) is 0 Å². The van der Waals surface area contributed by atoms with Crippen LogP contribution < -0.4 is 5.32 Å². The molecule has 2 aromatic rings. The highest BCUT2D eigenvalue weighted by Crippen LogP contribution is 2.20. The molecule has 112 valence electrons. The van der Waals surface area contributed by atoms with Crippen molar-refractivity contribution in [1.29, 1.82) is 0 Å². The maximum atomic E-state index is 12.6. The van der Waals surface area contributed by atoms with Gasteiger partial charge in [0.25, 0.3) is 0 Å². The Morgan fingerprint density at radius 2 is 1.76 bits per heavy atom. The molecule has 21 heavy (non-hydrogen) atoms. The Kier molecular flexibility index (Phi) is 5.15. The molecular weight excluding hydrogens is 282 g/mol. The molecule has 3 nitrogen and oxygen atoms in total. The van der Waals surface area contributed by atoms with Crippen LogP contribution in [0.4, 0.5) is 0 Å². The van der Waals surface area contributed by atoms with Crippen LogP contribution in [-0.2, 0) is 9.84 Å². The van der Waals surface area contributed by atoms with Crippen LogP contribution in [0.2, 0.25) is 0 Å². The van der Waals surface area contributed by atoms with E-state index in [0.29, 0.717) is 4.90 Å². The van der Waals surface area contributed by atoms with Crippen LogP contribution in [-0.4, -0.2) is 20.7 Å². The van der Waals surface area contributed by atoms with Gasteiger partial charge in [0.2, 0.25) is 0 Å². The molecule has 2 aromatic carbocycles. The van der Waals surface area contributed by atoms with Crippen molar-refractivity contribution < 1.29 is 8.42 Å². The summed E-state index contributed by atoms with van der Waals surface area (Å²) in [6.07, 6.45) is 0.